The van der Waals surface area contributed by atoms with Gasteiger partial charge in [0.2, 0.25) is 0 Å². The summed E-state index contributed by atoms with van der Waals surface area (Å²) >= 11 is 1.40. The summed E-state index contributed by atoms with van der Waals surface area (Å²) in [5.74, 6) is -0.113. The van der Waals surface area contributed by atoms with Crippen LogP contribution in [0.15, 0.2) is 45.3 Å². The van der Waals surface area contributed by atoms with Gasteiger partial charge in [-0.15, -0.1) is 0 Å². The zero-order valence-electron chi connectivity index (χ0n) is 20.5. The predicted molar refractivity (Wildman–Crippen MR) is 137 cm³/mol. The van der Waals surface area contributed by atoms with Crippen LogP contribution in [-0.4, -0.2) is 43.4 Å². The van der Waals surface area contributed by atoms with E-state index in [0.29, 0.717) is 27.2 Å². The van der Waals surface area contributed by atoms with Crippen LogP contribution in [-0.2, 0) is 14.3 Å². The second-order valence-electron chi connectivity index (χ2n) is 9.43. The highest BCUT2D eigenvalue weighted by molar-refractivity contribution is 7.07. The van der Waals surface area contributed by atoms with Gasteiger partial charge in [-0.2, -0.15) is 0 Å². The molecule has 35 heavy (non-hydrogen) atoms. The van der Waals surface area contributed by atoms with Gasteiger partial charge in [-0.05, 0) is 56.4 Å². The molecule has 1 saturated heterocycles. The van der Waals surface area contributed by atoms with Gasteiger partial charge in [0.05, 0.1) is 41.7 Å². The zero-order valence-corrected chi connectivity index (χ0v) is 21.3. The second-order valence-corrected chi connectivity index (χ2v) is 10.4. The third kappa shape index (κ3) is 4.86. The first-order chi connectivity index (χ1) is 17.1. The lowest BCUT2D eigenvalue weighted by Gasteiger charge is -2.33. The van der Waals surface area contributed by atoms with Gasteiger partial charge < -0.3 is 14.4 Å². The van der Waals surface area contributed by atoms with E-state index >= 15 is 0 Å². The molecule has 0 N–H and O–H groups in total. The molecule has 1 aromatic heterocycles. The third-order valence-corrected chi connectivity index (χ3v) is 8.21. The summed E-state index contributed by atoms with van der Waals surface area (Å²) in [6.07, 6.45) is 7.39. The van der Waals surface area contributed by atoms with Crippen LogP contribution in [0.1, 0.15) is 57.6 Å². The predicted octanol–water partition coefficient (Wildman–Crippen LogP) is 3.17. The van der Waals surface area contributed by atoms with Crippen LogP contribution in [0.5, 0.6) is 0 Å². The lowest BCUT2D eigenvalue weighted by Crippen LogP contribution is -2.42. The van der Waals surface area contributed by atoms with Crippen LogP contribution >= 0.6 is 11.3 Å². The van der Waals surface area contributed by atoms with E-state index in [4.69, 9.17) is 14.5 Å². The number of benzene rings is 1. The van der Waals surface area contributed by atoms with Crippen molar-refractivity contribution in [3.8, 4) is 0 Å². The minimum Gasteiger partial charge on any atom is -0.463 e. The average molecular weight is 496 g/mol. The van der Waals surface area contributed by atoms with Crippen molar-refractivity contribution < 1.29 is 14.3 Å². The van der Waals surface area contributed by atoms with Crippen LogP contribution in [0.25, 0.3) is 6.08 Å². The first kappa shape index (κ1) is 24.0. The number of ether oxygens (including phenoxy) is 2. The van der Waals surface area contributed by atoms with Crippen molar-refractivity contribution in [3.63, 3.8) is 0 Å². The number of allylic oxidation sites excluding steroid dienone is 1. The number of anilines is 1. The summed E-state index contributed by atoms with van der Waals surface area (Å²) in [7, 11) is 0. The summed E-state index contributed by atoms with van der Waals surface area (Å²) in [4.78, 5) is 34.4. The Labute approximate surface area is 209 Å². The van der Waals surface area contributed by atoms with Crippen LogP contribution in [0.2, 0.25) is 0 Å². The number of esters is 1. The van der Waals surface area contributed by atoms with Crippen LogP contribution in [0.4, 0.5) is 5.69 Å². The Morgan fingerprint density at radius 1 is 1.17 bits per heavy atom. The Balaban J connectivity index is 1.53. The monoisotopic (exact) mass is 495 g/mol. The van der Waals surface area contributed by atoms with Crippen molar-refractivity contribution in [1.29, 1.82) is 0 Å². The molecule has 2 aromatic rings. The maximum absolute atomic E-state index is 13.7. The standard InChI is InChI=1S/C27H33N3O4S/c1-3-34-26(32)23-18(2)28-27-30(24(23)20-7-5-4-6-8-20)25(31)22(35-27)17-19-9-11-21(12-10-19)29-13-15-33-16-14-29/h9-12,17,20,24H,3-8,13-16H2,1-2H3/b22-17-. The lowest BCUT2D eigenvalue weighted by atomic mass is 9.80. The van der Waals surface area contributed by atoms with Gasteiger partial charge in [-0.25, -0.2) is 9.79 Å². The Bertz CT molecular complexity index is 1280. The van der Waals surface area contributed by atoms with Crippen molar-refractivity contribution in [3.05, 3.63) is 60.8 Å². The van der Waals surface area contributed by atoms with Gasteiger partial charge in [0.1, 0.15) is 0 Å². The molecule has 3 heterocycles. The zero-order chi connectivity index (χ0) is 24.4. The van der Waals surface area contributed by atoms with Crippen molar-refractivity contribution >= 4 is 29.1 Å². The molecule has 1 aromatic carbocycles. The van der Waals surface area contributed by atoms with E-state index in [1.165, 1.54) is 23.4 Å². The fraction of sp³-hybridized carbons (Fsp3) is 0.519. The molecular weight excluding hydrogens is 462 g/mol. The molecule has 5 rings (SSSR count). The van der Waals surface area contributed by atoms with Gasteiger partial charge in [-0.1, -0.05) is 42.7 Å². The number of carbonyl (C=O) groups is 1. The fourth-order valence-electron chi connectivity index (χ4n) is 5.48. The van der Waals surface area contributed by atoms with Crippen molar-refractivity contribution in [2.45, 2.75) is 52.0 Å². The van der Waals surface area contributed by atoms with Gasteiger partial charge in [0.25, 0.3) is 5.56 Å². The van der Waals surface area contributed by atoms with E-state index in [1.807, 2.05) is 19.9 Å². The quantitative estimate of drug-likeness (QED) is 0.596. The van der Waals surface area contributed by atoms with E-state index < -0.39 is 0 Å². The number of thiazole rings is 1. The molecule has 2 aliphatic heterocycles. The van der Waals surface area contributed by atoms with Crippen molar-refractivity contribution in [2.24, 2.45) is 10.9 Å². The summed E-state index contributed by atoms with van der Waals surface area (Å²) in [5, 5.41) is 0. The normalized spacial score (nSPS) is 21.6. The molecule has 0 amide bonds. The van der Waals surface area contributed by atoms with E-state index in [2.05, 4.69) is 29.2 Å². The molecule has 1 atom stereocenters. The van der Waals surface area contributed by atoms with Gasteiger partial charge in [0.15, 0.2) is 4.80 Å². The van der Waals surface area contributed by atoms with Crippen molar-refractivity contribution in [1.82, 2.24) is 4.57 Å². The number of fused-ring (bicyclic) bond motifs is 1. The fourth-order valence-corrected chi connectivity index (χ4v) is 6.54. The third-order valence-electron chi connectivity index (χ3n) is 7.22. The first-order valence-corrected chi connectivity index (χ1v) is 13.5. The number of morpholine rings is 1. The molecule has 0 spiro atoms. The number of rotatable bonds is 5. The number of carbonyl (C=O) groups excluding carboxylic acids is 1. The minimum absolute atomic E-state index is 0.0733. The highest BCUT2D eigenvalue weighted by atomic mass is 32.1. The number of hydrogen-bond donors (Lipinski definition) is 0. The Morgan fingerprint density at radius 3 is 2.57 bits per heavy atom. The molecule has 0 bridgehead atoms. The van der Waals surface area contributed by atoms with E-state index in [0.717, 1.165) is 57.6 Å². The molecule has 1 aliphatic carbocycles. The lowest BCUT2D eigenvalue weighted by molar-refractivity contribution is -0.139. The molecule has 186 valence electrons. The molecule has 7 nitrogen and oxygen atoms in total. The molecule has 8 heteroatoms. The first-order valence-electron chi connectivity index (χ1n) is 12.7. The molecule has 1 saturated carbocycles. The van der Waals surface area contributed by atoms with E-state index in [9.17, 15) is 9.59 Å². The second kappa shape index (κ2) is 10.5. The van der Waals surface area contributed by atoms with Gasteiger partial charge in [0, 0.05) is 18.8 Å². The Morgan fingerprint density at radius 2 is 1.89 bits per heavy atom. The molecule has 3 aliphatic rings. The smallest absolute Gasteiger partial charge is 0.337 e. The van der Waals surface area contributed by atoms with Crippen molar-refractivity contribution in [2.75, 3.05) is 37.8 Å². The van der Waals surface area contributed by atoms with Crippen LogP contribution in [0, 0.1) is 5.92 Å². The number of hydrogen-bond acceptors (Lipinski definition) is 7. The summed E-state index contributed by atoms with van der Waals surface area (Å²) in [6.45, 7) is 7.25. The minimum atomic E-state index is -0.350. The molecular formula is C27H33N3O4S. The molecule has 1 unspecified atom stereocenters. The summed E-state index contributed by atoms with van der Waals surface area (Å²) in [6, 6.07) is 7.99. The largest absolute Gasteiger partial charge is 0.463 e. The maximum atomic E-state index is 13.7. The van der Waals surface area contributed by atoms with Gasteiger partial charge >= 0.3 is 5.97 Å². The summed E-state index contributed by atoms with van der Waals surface area (Å²) in [5.41, 5.74) is 3.28. The topological polar surface area (TPSA) is 73.1 Å². The van der Waals surface area contributed by atoms with Crippen LogP contribution in [0.3, 0.4) is 0 Å². The SMILES string of the molecule is CCOC(=O)C1=C(C)N=c2s/c(=C\c3ccc(N4CCOCC4)cc3)c(=O)n2C1C1CCCCC1. The highest BCUT2D eigenvalue weighted by Crippen LogP contribution is 2.39. The number of nitrogens with zero attached hydrogens (tertiary/aromatic N) is 3. The Kier molecular flexibility index (Phi) is 7.20. The van der Waals surface area contributed by atoms with Crippen LogP contribution < -0.4 is 19.8 Å². The van der Waals surface area contributed by atoms with E-state index in [-0.39, 0.29) is 23.5 Å². The summed E-state index contributed by atoms with van der Waals surface area (Å²) < 4.78 is 13.3. The van der Waals surface area contributed by atoms with Gasteiger partial charge in [-0.3, -0.25) is 9.36 Å². The molecule has 2 fully saturated rings. The molecule has 0 radical (unpaired) electrons. The maximum Gasteiger partial charge on any atom is 0.337 e. The van der Waals surface area contributed by atoms with E-state index in [1.54, 1.807) is 4.57 Å². The Hall–Kier alpha value is -2.71. The number of aromatic nitrogens is 1. The average Bonchev–Trinajstić information content (AvgIpc) is 3.19. The highest BCUT2D eigenvalue weighted by Gasteiger charge is 2.37.